The van der Waals surface area contributed by atoms with Gasteiger partial charge in [-0.1, -0.05) is 6.07 Å². The molecule has 2 aromatic carbocycles. The maximum Gasteiger partial charge on any atom is 0.377 e. The van der Waals surface area contributed by atoms with Crippen LogP contribution in [0, 0.1) is 11.6 Å². The second-order valence-corrected chi connectivity index (χ2v) is 5.87. The van der Waals surface area contributed by atoms with Crippen LogP contribution in [0.5, 0.6) is 5.75 Å². The third-order valence-electron chi connectivity index (χ3n) is 4.18. The Kier molecular flexibility index (Phi) is 5.58. The van der Waals surface area contributed by atoms with E-state index in [1.807, 2.05) is 0 Å². The summed E-state index contributed by atoms with van der Waals surface area (Å²) in [5.41, 5.74) is -2.04. The molecule has 1 heterocycles. The number of tetrazole rings is 1. The van der Waals surface area contributed by atoms with E-state index in [0.717, 1.165) is 23.1 Å². The fourth-order valence-corrected chi connectivity index (χ4v) is 2.77. The van der Waals surface area contributed by atoms with E-state index < -0.39 is 35.0 Å². The fraction of sp³-hybridized carbons (Fsp3) is 0.167. The Bertz CT molecular complexity index is 1170. The van der Waals surface area contributed by atoms with Crippen molar-refractivity contribution >= 4 is 17.7 Å². The molecule has 0 fully saturated rings. The van der Waals surface area contributed by atoms with Crippen molar-refractivity contribution in [2.24, 2.45) is 0 Å². The number of hydrogen-bond acceptors (Lipinski definition) is 6. The maximum atomic E-state index is 14.0. The van der Waals surface area contributed by atoms with Crippen LogP contribution in [0.4, 0.5) is 19.3 Å². The Morgan fingerprint density at radius 2 is 1.83 bits per heavy atom. The molecule has 0 aliphatic carbocycles. The minimum Gasteiger partial charge on any atom is -0.496 e. The summed E-state index contributed by atoms with van der Waals surface area (Å²) in [6.45, 7) is 1.60. The lowest BCUT2D eigenvalue weighted by molar-refractivity contribution is 0.0693. The highest BCUT2D eigenvalue weighted by atomic mass is 19.1. The van der Waals surface area contributed by atoms with Crippen LogP contribution in [0.3, 0.4) is 0 Å². The molecule has 12 heteroatoms. The predicted octanol–water partition coefficient (Wildman–Crippen LogP) is 1.91. The van der Waals surface area contributed by atoms with Crippen LogP contribution in [-0.4, -0.2) is 50.6 Å². The summed E-state index contributed by atoms with van der Waals surface area (Å²) in [6, 6.07) is 5.92. The first-order valence-electron chi connectivity index (χ1n) is 8.52. The highest BCUT2D eigenvalue weighted by Gasteiger charge is 2.25. The number of aromatic nitrogens is 4. The summed E-state index contributed by atoms with van der Waals surface area (Å²) in [5, 5.41) is 16.1. The van der Waals surface area contributed by atoms with E-state index >= 15 is 0 Å². The maximum absolute atomic E-state index is 14.0. The van der Waals surface area contributed by atoms with E-state index in [1.54, 1.807) is 6.92 Å². The van der Waals surface area contributed by atoms with Crippen LogP contribution in [0.1, 0.15) is 17.3 Å². The van der Waals surface area contributed by atoms with Crippen molar-refractivity contribution in [1.82, 2.24) is 19.8 Å². The smallest absolute Gasteiger partial charge is 0.377 e. The number of hydrogen-bond donors (Lipinski definition) is 1. The van der Waals surface area contributed by atoms with Crippen molar-refractivity contribution in [3.63, 3.8) is 0 Å². The van der Waals surface area contributed by atoms with Crippen LogP contribution < -0.4 is 15.3 Å². The highest BCUT2D eigenvalue weighted by Crippen LogP contribution is 2.25. The van der Waals surface area contributed by atoms with Crippen molar-refractivity contribution in [1.29, 1.82) is 0 Å². The Hall–Kier alpha value is -4.09. The SMILES string of the molecule is CCN(C(=O)n1nnn(-c2c(F)cccc2F)c1=O)c1ccc(OC)c(C(=O)O)c1. The molecule has 0 aliphatic heterocycles. The first kappa shape index (κ1) is 20.6. The standard InChI is InChI=1S/C18H15F2N5O5/c1-3-23(10-7-8-14(30-2)11(9-10)16(26)27)17(28)25-18(29)24(21-22-25)15-12(19)5-4-6-13(15)20/h4-9H,3H2,1-2H3,(H,26,27). The predicted molar refractivity (Wildman–Crippen MR) is 99.3 cm³/mol. The first-order chi connectivity index (χ1) is 14.3. The Balaban J connectivity index is 2.04. The van der Waals surface area contributed by atoms with Gasteiger partial charge in [0.2, 0.25) is 0 Å². The number of carbonyl (C=O) groups excluding carboxylic acids is 1. The first-order valence-corrected chi connectivity index (χ1v) is 8.52. The Morgan fingerprint density at radius 1 is 1.17 bits per heavy atom. The zero-order valence-electron chi connectivity index (χ0n) is 15.7. The summed E-state index contributed by atoms with van der Waals surface area (Å²) >= 11 is 0. The third-order valence-corrected chi connectivity index (χ3v) is 4.18. The largest absolute Gasteiger partial charge is 0.496 e. The molecule has 1 N–H and O–H groups in total. The van der Waals surface area contributed by atoms with Crippen LogP contribution in [-0.2, 0) is 0 Å². The molecule has 0 radical (unpaired) electrons. The lowest BCUT2D eigenvalue weighted by Crippen LogP contribution is -2.41. The molecule has 156 valence electrons. The van der Waals surface area contributed by atoms with E-state index in [9.17, 15) is 28.3 Å². The number of rotatable bonds is 5. The van der Waals surface area contributed by atoms with Crippen LogP contribution in [0.15, 0.2) is 41.2 Å². The molecule has 0 atom stereocenters. The lowest BCUT2D eigenvalue weighted by Gasteiger charge is -2.20. The van der Waals surface area contributed by atoms with Crippen molar-refractivity contribution in [2.75, 3.05) is 18.6 Å². The number of nitrogens with zero attached hydrogens (tertiary/aromatic N) is 5. The van der Waals surface area contributed by atoms with Crippen molar-refractivity contribution in [3.8, 4) is 11.4 Å². The van der Waals surface area contributed by atoms with Gasteiger partial charge in [0, 0.05) is 12.2 Å². The summed E-state index contributed by atoms with van der Waals surface area (Å²) in [7, 11) is 1.30. The van der Waals surface area contributed by atoms with E-state index in [0.29, 0.717) is 9.36 Å². The number of methoxy groups -OCH3 is 1. The van der Waals surface area contributed by atoms with Crippen molar-refractivity contribution in [3.05, 3.63) is 64.1 Å². The van der Waals surface area contributed by atoms with E-state index in [-0.39, 0.29) is 23.5 Å². The monoisotopic (exact) mass is 419 g/mol. The molecule has 0 bridgehead atoms. The highest BCUT2D eigenvalue weighted by molar-refractivity contribution is 5.96. The molecule has 1 amide bonds. The Morgan fingerprint density at radius 3 is 2.40 bits per heavy atom. The lowest BCUT2D eigenvalue weighted by atomic mass is 10.1. The second kappa shape index (κ2) is 8.11. The zero-order valence-corrected chi connectivity index (χ0v) is 15.7. The minimum absolute atomic E-state index is 0.0254. The van der Waals surface area contributed by atoms with Gasteiger partial charge in [-0.05, 0) is 47.7 Å². The van der Waals surface area contributed by atoms with Crippen molar-refractivity contribution in [2.45, 2.75) is 6.92 Å². The van der Waals surface area contributed by atoms with Gasteiger partial charge in [0.25, 0.3) is 0 Å². The van der Waals surface area contributed by atoms with Gasteiger partial charge in [-0.15, -0.1) is 4.68 Å². The number of ether oxygens (including phenoxy) is 1. The van der Waals surface area contributed by atoms with Crippen LogP contribution in [0.25, 0.3) is 5.69 Å². The quantitative estimate of drug-likeness (QED) is 0.628. The number of halogens is 2. The van der Waals surface area contributed by atoms with Gasteiger partial charge in [0.05, 0.1) is 7.11 Å². The molecule has 30 heavy (non-hydrogen) atoms. The van der Waals surface area contributed by atoms with Crippen LogP contribution in [0.2, 0.25) is 0 Å². The molecule has 0 saturated carbocycles. The molecule has 0 unspecified atom stereocenters. The molecule has 0 saturated heterocycles. The summed E-state index contributed by atoms with van der Waals surface area (Å²) in [4.78, 5) is 37.9. The number of aromatic carboxylic acids is 1. The van der Waals surface area contributed by atoms with E-state index in [1.165, 1.54) is 25.3 Å². The Labute approximate surface area is 167 Å². The average molecular weight is 419 g/mol. The summed E-state index contributed by atoms with van der Waals surface area (Å²) < 4.78 is 33.6. The van der Waals surface area contributed by atoms with Crippen LogP contribution >= 0.6 is 0 Å². The average Bonchev–Trinajstić information content (AvgIpc) is 3.09. The van der Waals surface area contributed by atoms with Gasteiger partial charge in [-0.3, -0.25) is 4.90 Å². The van der Waals surface area contributed by atoms with Gasteiger partial charge < -0.3 is 9.84 Å². The number of carboxylic acids is 1. The van der Waals surface area contributed by atoms with Gasteiger partial charge in [0.15, 0.2) is 11.6 Å². The van der Waals surface area contributed by atoms with E-state index in [2.05, 4.69) is 10.4 Å². The minimum atomic E-state index is -1.28. The van der Waals surface area contributed by atoms with E-state index in [4.69, 9.17) is 4.74 Å². The molecular formula is C18H15F2N5O5. The zero-order chi connectivity index (χ0) is 22.0. The summed E-state index contributed by atoms with van der Waals surface area (Å²) in [5.74, 6) is -3.33. The van der Waals surface area contributed by atoms with Gasteiger partial charge in [-0.25, -0.2) is 23.2 Å². The number of carboxylic acid groups (broad SMARTS) is 1. The number of benzene rings is 2. The molecule has 10 nitrogen and oxygen atoms in total. The third kappa shape index (κ3) is 3.50. The van der Waals surface area contributed by atoms with Gasteiger partial charge >= 0.3 is 17.7 Å². The number of para-hydroxylation sites is 1. The molecular weight excluding hydrogens is 404 g/mol. The van der Waals surface area contributed by atoms with Crippen molar-refractivity contribution < 1.29 is 28.2 Å². The topological polar surface area (TPSA) is 120 Å². The fourth-order valence-electron chi connectivity index (χ4n) is 2.77. The molecule has 1 aromatic heterocycles. The number of carbonyl (C=O) groups is 2. The molecule has 0 aliphatic rings. The normalized spacial score (nSPS) is 10.7. The molecule has 3 rings (SSSR count). The second-order valence-electron chi connectivity index (χ2n) is 5.87. The van der Waals surface area contributed by atoms with Gasteiger partial charge in [-0.2, -0.15) is 4.68 Å². The number of anilines is 1. The summed E-state index contributed by atoms with van der Waals surface area (Å²) in [6.07, 6.45) is 0. The number of amides is 1. The molecule has 0 spiro atoms. The van der Waals surface area contributed by atoms with Gasteiger partial charge in [0.1, 0.15) is 17.0 Å². The molecule has 3 aromatic rings.